The van der Waals surface area contributed by atoms with E-state index in [0.717, 1.165) is 37.5 Å². The van der Waals surface area contributed by atoms with Crippen LogP contribution in [0.4, 0.5) is 0 Å². The number of aromatic nitrogens is 3. The molecule has 130 valence electrons. The number of fused-ring (bicyclic) bond motifs is 2. The van der Waals surface area contributed by atoms with Crippen molar-refractivity contribution in [3.8, 4) is 0 Å². The monoisotopic (exact) mass is 332 g/mol. The van der Waals surface area contributed by atoms with E-state index in [9.17, 15) is 14.7 Å². The number of amides is 1. The Balaban J connectivity index is 1.63. The van der Waals surface area contributed by atoms with Crippen molar-refractivity contribution >= 4 is 11.9 Å². The minimum Gasteiger partial charge on any atom is -0.481 e. The van der Waals surface area contributed by atoms with Gasteiger partial charge in [0.05, 0.1) is 5.41 Å². The first-order valence-electron chi connectivity index (χ1n) is 8.81. The molecule has 7 nitrogen and oxygen atoms in total. The number of nitrogens with zero attached hydrogens (tertiary/aromatic N) is 4. The lowest BCUT2D eigenvalue weighted by atomic mass is 9.68. The molecule has 7 heteroatoms. The van der Waals surface area contributed by atoms with Crippen LogP contribution in [0.5, 0.6) is 0 Å². The Morgan fingerprint density at radius 2 is 2.04 bits per heavy atom. The van der Waals surface area contributed by atoms with E-state index < -0.39 is 16.8 Å². The highest BCUT2D eigenvalue weighted by molar-refractivity contribution is 5.89. The van der Waals surface area contributed by atoms with Gasteiger partial charge in [0, 0.05) is 19.6 Å². The van der Waals surface area contributed by atoms with Crippen molar-refractivity contribution in [2.24, 2.45) is 11.3 Å². The first-order chi connectivity index (χ1) is 11.4. The van der Waals surface area contributed by atoms with E-state index >= 15 is 0 Å². The largest absolute Gasteiger partial charge is 0.481 e. The molecular weight excluding hydrogens is 308 g/mol. The summed E-state index contributed by atoms with van der Waals surface area (Å²) in [7, 11) is 0. The fourth-order valence-electron chi connectivity index (χ4n) is 5.02. The standard InChI is InChI=1S/C17H24N4O3/c1-11-18-19-13-16(2,7-8-21(11)13)14(22)20-9-12-5-3-4-6-17(12,10-20)15(23)24/h12H,3-10H2,1-2H3,(H,23,24)/t12-,16?,17-/m0/s1. The molecule has 0 bridgehead atoms. The number of hydrogen-bond donors (Lipinski definition) is 1. The van der Waals surface area contributed by atoms with Gasteiger partial charge in [-0.1, -0.05) is 12.8 Å². The number of likely N-dealkylation sites (tertiary alicyclic amines) is 1. The number of aryl methyl sites for hydroxylation is 1. The Kier molecular flexibility index (Phi) is 3.27. The van der Waals surface area contributed by atoms with Crippen molar-refractivity contribution in [1.29, 1.82) is 0 Å². The molecule has 0 radical (unpaired) electrons. The quantitative estimate of drug-likeness (QED) is 0.883. The zero-order valence-corrected chi connectivity index (χ0v) is 14.3. The van der Waals surface area contributed by atoms with Crippen LogP contribution in [0.2, 0.25) is 0 Å². The molecule has 1 saturated heterocycles. The van der Waals surface area contributed by atoms with E-state index in [1.54, 1.807) is 4.90 Å². The molecular formula is C17H24N4O3. The fourth-order valence-corrected chi connectivity index (χ4v) is 5.02. The molecule has 3 heterocycles. The van der Waals surface area contributed by atoms with Gasteiger partial charge in [-0.25, -0.2) is 0 Å². The summed E-state index contributed by atoms with van der Waals surface area (Å²) in [4.78, 5) is 27.1. The summed E-state index contributed by atoms with van der Waals surface area (Å²) in [5.74, 6) is 0.918. The average molecular weight is 332 g/mol. The molecule has 3 atom stereocenters. The van der Waals surface area contributed by atoms with Gasteiger partial charge in [-0.15, -0.1) is 10.2 Å². The number of rotatable bonds is 2. The molecule has 0 spiro atoms. The van der Waals surface area contributed by atoms with Gasteiger partial charge >= 0.3 is 5.97 Å². The summed E-state index contributed by atoms with van der Waals surface area (Å²) < 4.78 is 2.01. The Labute approximate surface area is 141 Å². The number of aliphatic carboxylic acids is 1. The second kappa shape index (κ2) is 5.04. The maximum atomic E-state index is 13.3. The van der Waals surface area contributed by atoms with E-state index in [1.165, 1.54) is 0 Å². The minimum atomic E-state index is -0.744. The number of carboxylic acids is 1. The third-order valence-electron chi connectivity index (χ3n) is 6.57. The Morgan fingerprint density at radius 1 is 1.25 bits per heavy atom. The topological polar surface area (TPSA) is 88.3 Å². The highest BCUT2D eigenvalue weighted by Crippen LogP contribution is 2.48. The molecule has 24 heavy (non-hydrogen) atoms. The number of carbonyl (C=O) groups is 2. The van der Waals surface area contributed by atoms with Crippen LogP contribution in [0.15, 0.2) is 0 Å². The molecule has 1 saturated carbocycles. The van der Waals surface area contributed by atoms with Crippen molar-refractivity contribution in [3.05, 3.63) is 11.6 Å². The Bertz CT molecular complexity index is 715. The van der Waals surface area contributed by atoms with Crippen molar-refractivity contribution in [2.75, 3.05) is 13.1 Å². The Morgan fingerprint density at radius 3 is 2.75 bits per heavy atom. The van der Waals surface area contributed by atoms with Crippen LogP contribution in [0, 0.1) is 18.3 Å². The smallest absolute Gasteiger partial charge is 0.311 e. The predicted molar refractivity (Wildman–Crippen MR) is 85.3 cm³/mol. The van der Waals surface area contributed by atoms with Crippen molar-refractivity contribution in [3.63, 3.8) is 0 Å². The van der Waals surface area contributed by atoms with Gasteiger partial charge in [-0.3, -0.25) is 9.59 Å². The lowest BCUT2D eigenvalue weighted by Crippen LogP contribution is -2.45. The van der Waals surface area contributed by atoms with Crippen LogP contribution < -0.4 is 0 Å². The molecule has 1 aliphatic carbocycles. The van der Waals surface area contributed by atoms with Crippen molar-refractivity contribution < 1.29 is 14.7 Å². The molecule has 1 aromatic heterocycles. The van der Waals surface area contributed by atoms with E-state index in [4.69, 9.17) is 0 Å². The highest BCUT2D eigenvalue weighted by Gasteiger charge is 2.57. The van der Waals surface area contributed by atoms with Crippen LogP contribution >= 0.6 is 0 Å². The van der Waals surface area contributed by atoms with Gasteiger partial charge in [-0.2, -0.15) is 0 Å². The fraction of sp³-hybridized carbons (Fsp3) is 0.765. The lowest BCUT2D eigenvalue weighted by molar-refractivity contribution is -0.152. The molecule has 0 aromatic carbocycles. The molecule has 1 N–H and O–H groups in total. The summed E-state index contributed by atoms with van der Waals surface area (Å²) in [6, 6.07) is 0. The third-order valence-corrected chi connectivity index (χ3v) is 6.57. The predicted octanol–water partition coefficient (Wildman–Crippen LogP) is 1.35. The van der Waals surface area contributed by atoms with Gasteiger partial charge in [0.2, 0.25) is 5.91 Å². The van der Waals surface area contributed by atoms with E-state index in [0.29, 0.717) is 25.9 Å². The summed E-state index contributed by atoms with van der Waals surface area (Å²) >= 11 is 0. The lowest BCUT2D eigenvalue weighted by Gasteiger charge is -2.34. The molecule has 2 fully saturated rings. The summed E-state index contributed by atoms with van der Waals surface area (Å²) in [5.41, 5.74) is -1.43. The first kappa shape index (κ1) is 15.6. The Hall–Kier alpha value is -1.92. The highest BCUT2D eigenvalue weighted by atomic mass is 16.4. The molecule has 1 aromatic rings. The molecule has 4 rings (SSSR count). The zero-order valence-electron chi connectivity index (χ0n) is 14.3. The van der Waals surface area contributed by atoms with Gasteiger partial charge in [0.25, 0.3) is 0 Å². The zero-order chi connectivity index (χ0) is 17.1. The molecule has 2 aliphatic heterocycles. The van der Waals surface area contributed by atoms with Crippen molar-refractivity contribution in [1.82, 2.24) is 19.7 Å². The molecule has 1 unspecified atom stereocenters. The van der Waals surface area contributed by atoms with Crippen LogP contribution in [0.3, 0.4) is 0 Å². The second-order valence-corrected chi connectivity index (χ2v) is 7.89. The number of carbonyl (C=O) groups excluding carboxylic acids is 1. The van der Waals surface area contributed by atoms with Gasteiger partial charge in [0.1, 0.15) is 17.1 Å². The maximum Gasteiger partial charge on any atom is 0.311 e. The van der Waals surface area contributed by atoms with Crippen LogP contribution in [0.25, 0.3) is 0 Å². The van der Waals surface area contributed by atoms with Crippen LogP contribution in [0.1, 0.15) is 50.7 Å². The van der Waals surface area contributed by atoms with Crippen molar-refractivity contribution in [2.45, 2.75) is 57.9 Å². The molecule has 1 amide bonds. The number of carboxylic acid groups (broad SMARTS) is 1. The van der Waals surface area contributed by atoms with Gasteiger partial charge in [0.15, 0.2) is 0 Å². The summed E-state index contributed by atoms with van der Waals surface area (Å²) in [6.45, 7) is 5.48. The SMILES string of the molecule is Cc1nnc2n1CCC2(C)C(=O)N1C[C@@H]2CCCC[C@]2(C(=O)O)C1. The van der Waals surface area contributed by atoms with Gasteiger partial charge in [-0.05, 0) is 39.0 Å². The average Bonchev–Trinajstić information content (AvgIpc) is 3.22. The van der Waals surface area contributed by atoms with Crippen LogP contribution in [-0.2, 0) is 21.5 Å². The van der Waals surface area contributed by atoms with E-state index in [1.807, 2.05) is 18.4 Å². The normalized spacial score (nSPS) is 34.9. The second-order valence-electron chi connectivity index (χ2n) is 7.89. The number of hydrogen-bond acceptors (Lipinski definition) is 4. The van der Waals surface area contributed by atoms with E-state index in [-0.39, 0.29) is 11.8 Å². The van der Waals surface area contributed by atoms with Crippen LogP contribution in [-0.4, -0.2) is 49.7 Å². The first-order valence-corrected chi connectivity index (χ1v) is 8.81. The van der Waals surface area contributed by atoms with Gasteiger partial charge < -0.3 is 14.6 Å². The molecule has 3 aliphatic rings. The summed E-state index contributed by atoms with van der Waals surface area (Å²) in [5, 5.41) is 18.2. The maximum absolute atomic E-state index is 13.3. The minimum absolute atomic E-state index is 0.0173. The summed E-state index contributed by atoms with van der Waals surface area (Å²) in [6.07, 6.45) is 4.30. The van der Waals surface area contributed by atoms with E-state index in [2.05, 4.69) is 10.2 Å². The third kappa shape index (κ3) is 1.90.